The van der Waals surface area contributed by atoms with Gasteiger partial charge in [0.15, 0.2) is 0 Å². The lowest BCUT2D eigenvalue weighted by Gasteiger charge is -2.33. The van der Waals surface area contributed by atoms with Gasteiger partial charge in [-0.25, -0.2) is 9.37 Å². The lowest BCUT2D eigenvalue weighted by Crippen LogP contribution is -2.35. The Morgan fingerprint density at radius 3 is 2.86 bits per heavy atom. The number of imidazole rings is 1. The number of hydrogen-bond donors (Lipinski definition) is 0. The van der Waals surface area contributed by atoms with E-state index in [2.05, 4.69) is 9.55 Å². The second kappa shape index (κ2) is 4.69. The van der Waals surface area contributed by atoms with Crippen LogP contribution in [0.3, 0.4) is 0 Å². The van der Waals surface area contributed by atoms with E-state index in [1.54, 1.807) is 23.5 Å². The quantitative estimate of drug-likeness (QED) is 0.795. The Morgan fingerprint density at radius 1 is 1.29 bits per heavy atom. The monoisotopic (exact) mass is 285 g/mol. The molecule has 0 saturated carbocycles. The van der Waals surface area contributed by atoms with Crippen molar-refractivity contribution >= 4 is 6.41 Å². The molecule has 4 rings (SSSR count). The van der Waals surface area contributed by atoms with Crippen LogP contribution in [0, 0.1) is 11.7 Å². The number of rotatable bonds is 2. The van der Waals surface area contributed by atoms with Crippen molar-refractivity contribution in [3.05, 3.63) is 42.1 Å². The summed E-state index contributed by atoms with van der Waals surface area (Å²) in [5.41, 5.74) is 2.74. The Labute approximate surface area is 122 Å². The molecule has 5 heteroatoms. The molecule has 1 aromatic carbocycles. The highest BCUT2D eigenvalue weighted by Crippen LogP contribution is 2.46. The number of carbonyl (C=O) groups excluding carboxylic acids is 1. The number of hydrogen-bond acceptors (Lipinski definition) is 2. The van der Waals surface area contributed by atoms with Crippen LogP contribution < -0.4 is 0 Å². The zero-order valence-electron chi connectivity index (χ0n) is 11.6. The van der Waals surface area contributed by atoms with Crippen LogP contribution in [0.15, 0.2) is 30.7 Å². The minimum atomic E-state index is -0.140. The number of amides is 1. The van der Waals surface area contributed by atoms with E-state index in [-0.39, 0.29) is 11.9 Å². The number of carbonyl (C=O) groups is 1. The molecule has 4 nitrogen and oxygen atoms in total. The normalized spacial score (nSPS) is 21.2. The fourth-order valence-electron chi connectivity index (χ4n) is 3.74. The Bertz CT molecular complexity index is 689. The molecule has 3 heterocycles. The standard InChI is InChI=1S/C16H16FN3O/c17-13-3-1-2-12-14-8-18-9-20(14)16(15(12)13)11-4-6-19(10-21)7-5-11/h1-3,8-11,16H,4-7H2. The van der Waals surface area contributed by atoms with E-state index < -0.39 is 0 Å². The van der Waals surface area contributed by atoms with Gasteiger partial charge in [-0.15, -0.1) is 0 Å². The molecule has 1 fully saturated rings. The van der Waals surface area contributed by atoms with Gasteiger partial charge >= 0.3 is 0 Å². The summed E-state index contributed by atoms with van der Waals surface area (Å²) in [4.78, 5) is 16.9. The summed E-state index contributed by atoms with van der Waals surface area (Å²) in [7, 11) is 0. The molecule has 1 saturated heterocycles. The van der Waals surface area contributed by atoms with Gasteiger partial charge in [0.25, 0.3) is 0 Å². The largest absolute Gasteiger partial charge is 0.345 e. The molecule has 21 heavy (non-hydrogen) atoms. The molecular formula is C16H16FN3O. The first kappa shape index (κ1) is 12.6. The third kappa shape index (κ3) is 1.80. The Morgan fingerprint density at radius 2 is 2.10 bits per heavy atom. The Hall–Kier alpha value is -2.17. The van der Waals surface area contributed by atoms with Gasteiger partial charge < -0.3 is 9.47 Å². The van der Waals surface area contributed by atoms with Gasteiger partial charge in [-0.3, -0.25) is 4.79 Å². The molecule has 2 aliphatic rings. The zero-order valence-corrected chi connectivity index (χ0v) is 11.6. The molecule has 0 aliphatic carbocycles. The fraction of sp³-hybridized carbons (Fsp3) is 0.375. The van der Waals surface area contributed by atoms with Crippen molar-refractivity contribution in [3.63, 3.8) is 0 Å². The van der Waals surface area contributed by atoms with E-state index >= 15 is 0 Å². The third-order valence-corrected chi connectivity index (χ3v) is 4.76. The van der Waals surface area contributed by atoms with E-state index in [0.717, 1.165) is 49.2 Å². The van der Waals surface area contributed by atoms with Crippen LogP contribution >= 0.6 is 0 Å². The third-order valence-electron chi connectivity index (χ3n) is 4.76. The average Bonchev–Trinajstić information content (AvgIpc) is 3.09. The van der Waals surface area contributed by atoms with E-state index in [4.69, 9.17) is 0 Å². The Balaban J connectivity index is 1.75. The molecule has 0 bridgehead atoms. The Kier molecular flexibility index (Phi) is 2.80. The minimum absolute atomic E-state index is 0.00695. The molecule has 1 aromatic heterocycles. The van der Waals surface area contributed by atoms with E-state index in [1.165, 1.54) is 6.07 Å². The highest BCUT2D eigenvalue weighted by atomic mass is 19.1. The molecule has 2 aliphatic heterocycles. The van der Waals surface area contributed by atoms with E-state index in [1.807, 2.05) is 6.07 Å². The second-order valence-electron chi connectivity index (χ2n) is 5.81. The van der Waals surface area contributed by atoms with Gasteiger partial charge in [-0.1, -0.05) is 12.1 Å². The summed E-state index contributed by atoms with van der Waals surface area (Å²) in [6.45, 7) is 1.50. The van der Waals surface area contributed by atoms with Gasteiger partial charge in [0, 0.05) is 24.2 Å². The summed E-state index contributed by atoms with van der Waals surface area (Å²) in [5.74, 6) is 0.200. The van der Waals surface area contributed by atoms with Crippen LogP contribution in [-0.2, 0) is 4.79 Å². The topological polar surface area (TPSA) is 38.1 Å². The SMILES string of the molecule is O=CN1CCC(C2c3c(F)cccc3-c3cncn32)CC1. The lowest BCUT2D eigenvalue weighted by molar-refractivity contribution is -0.119. The number of piperidine rings is 1. The average molecular weight is 285 g/mol. The first-order chi connectivity index (χ1) is 10.3. The van der Waals surface area contributed by atoms with Crippen LogP contribution in [0.4, 0.5) is 4.39 Å². The van der Waals surface area contributed by atoms with Crippen LogP contribution in [0.5, 0.6) is 0 Å². The number of nitrogens with zero attached hydrogens (tertiary/aromatic N) is 3. The van der Waals surface area contributed by atoms with Crippen LogP contribution in [0.2, 0.25) is 0 Å². The van der Waals surface area contributed by atoms with Gasteiger partial charge in [0.1, 0.15) is 5.82 Å². The van der Waals surface area contributed by atoms with Crippen LogP contribution in [0.25, 0.3) is 11.3 Å². The highest BCUT2D eigenvalue weighted by molar-refractivity contribution is 5.69. The van der Waals surface area contributed by atoms with Crippen molar-refractivity contribution < 1.29 is 9.18 Å². The summed E-state index contributed by atoms with van der Waals surface area (Å²) in [6, 6.07) is 5.26. The van der Waals surface area contributed by atoms with E-state index in [0.29, 0.717) is 5.92 Å². The van der Waals surface area contributed by atoms with Crippen LogP contribution in [0.1, 0.15) is 24.4 Å². The maximum Gasteiger partial charge on any atom is 0.209 e. The number of aromatic nitrogens is 2. The lowest BCUT2D eigenvalue weighted by atomic mass is 9.85. The molecule has 0 N–H and O–H groups in total. The summed E-state index contributed by atoms with van der Waals surface area (Å²) in [6.07, 6.45) is 6.30. The van der Waals surface area contributed by atoms with Gasteiger partial charge in [0.2, 0.25) is 6.41 Å². The van der Waals surface area contributed by atoms with Crippen molar-refractivity contribution in [2.24, 2.45) is 5.92 Å². The molecule has 1 unspecified atom stereocenters. The fourth-order valence-corrected chi connectivity index (χ4v) is 3.74. The predicted molar refractivity (Wildman–Crippen MR) is 76.1 cm³/mol. The molecule has 1 amide bonds. The van der Waals surface area contributed by atoms with E-state index in [9.17, 15) is 9.18 Å². The number of likely N-dealkylation sites (tertiary alicyclic amines) is 1. The number of benzene rings is 1. The predicted octanol–water partition coefficient (Wildman–Crippen LogP) is 2.46. The first-order valence-corrected chi connectivity index (χ1v) is 7.29. The summed E-state index contributed by atoms with van der Waals surface area (Å²) in [5, 5.41) is 0. The summed E-state index contributed by atoms with van der Waals surface area (Å²) >= 11 is 0. The molecule has 0 spiro atoms. The smallest absolute Gasteiger partial charge is 0.209 e. The van der Waals surface area contributed by atoms with Gasteiger partial charge in [-0.2, -0.15) is 0 Å². The first-order valence-electron chi connectivity index (χ1n) is 7.29. The highest BCUT2D eigenvalue weighted by Gasteiger charge is 2.37. The second-order valence-corrected chi connectivity index (χ2v) is 5.81. The number of halogens is 1. The van der Waals surface area contributed by atoms with Crippen molar-refractivity contribution in [1.82, 2.24) is 14.5 Å². The summed E-state index contributed by atoms with van der Waals surface area (Å²) < 4.78 is 16.5. The maximum absolute atomic E-state index is 14.4. The molecule has 108 valence electrons. The molecule has 2 aromatic rings. The van der Waals surface area contributed by atoms with Crippen molar-refractivity contribution in [1.29, 1.82) is 0 Å². The minimum Gasteiger partial charge on any atom is -0.345 e. The van der Waals surface area contributed by atoms with Gasteiger partial charge in [0.05, 0.1) is 24.3 Å². The van der Waals surface area contributed by atoms with Gasteiger partial charge in [-0.05, 0) is 24.8 Å². The molecule has 0 radical (unpaired) electrons. The molecule has 1 atom stereocenters. The van der Waals surface area contributed by atoms with Crippen molar-refractivity contribution in [3.8, 4) is 11.3 Å². The van der Waals surface area contributed by atoms with Crippen molar-refractivity contribution in [2.45, 2.75) is 18.9 Å². The maximum atomic E-state index is 14.4. The van der Waals surface area contributed by atoms with Crippen molar-refractivity contribution in [2.75, 3.05) is 13.1 Å². The number of fused-ring (bicyclic) bond motifs is 3. The molecular weight excluding hydrogens is 269 g/mol. The van der Waals surface area contributed by atoms with Crippen LogP contribution in [-0.4, -0.2) is 34.0 Å². The zero-order chi connectivity index (χ0) is 14.4.